The van der Waals surface area contributed by atoms with Gasteiger partial charge in [0, 0.05) is 0 Å². The normalized spacial score (nSPS) is 17.8. The highest BCUT2D eigenvalue weighted by atomic mass is 16.7. The van der Waals surface area contributed by atoms with Gasteiger partial charge in [-0.1, -0.05) is 50.7 Å². The molecule has 4 nitrogen and oxygen atoms in total. The van der Waals surface area contributed by atoms with E-state index >= 15 is 0 Å². The first-order valence-corrected chi connectivity index (χ1v) is 11.1. The van der Waals surface area contributed by atoms with Crippen molar-refractivity contribution in [2.75, 3.05) is 6.61 Å². The topological polar surface area (TPSA) is 44.8 Å². The van der Waals surface area contributed by atoms with Gasteiger partial charge >= 0.3 is 5.97 Å². The van der Waals surface area contributed by atoms with E-state index in [-0.39, 0.29) is 12.3 Å². The average molecular weight is 403 g/mol. The molecule has 1 aliphatic carbocycles. The molecule has 0 heterocycles. The number of rotatable bonds is 10. The molecule has 0 amide bonds. The number of carbonyl (C=O) groups excluding carboxylic acids is 1. The highest BCUT2D eigenvalue weighted by Gasteiger charge is 2.31. The smallest absolute Gasteiger partial charge is 0.321 e. The predicted octanol–water partition coefficient (Wildman–Crippen LogP) is 6.69. The predicted molar refractivity (Wildman–Crippen MR) is 117 cm³/mol. The number of hydrogen-bond acceptors (Lipinski definition) is 4. The number of hydrogen-bond donors (Lipinski definition) is 0. The van der Waals surface area contributed by atoms with Crippen LogP contribution in [0.1, 0.15) is 79.6 Å². The molecular weight excluding hydrogens is 364 g/mol. The van der Waals surface area contributed by atoms with Crippen LogP contribution in [0.5, 0.6) is 11.5 Å². The number of carbonyl (C=O) groups is 1. The molecule has 0 saturated heterocycles. The molecule has 0 spiro atoms. The molecule has 0 aromatic heterocycles. The van der Waals surface area contributed by atoms with Crippen molar-refractivity contribution in [2.45, 2.75) is 85.9 Å². The molecule has 1 aliphatic rings. The van der Waals surface area contributed by atoms with Crippen LogP contribution in [0, 0.1) is 11.3 Å². The van der Waals surface area contributed by atoms with Crippen molar-refractivity contribution in [3.63, 3.8) is 0 Å². The van der Waals surface area contributed by atoms with Gasteiger partial charge in [0.2, 0.25) is 0 Å². The zero-order chi connectivity index (χ0) is 21.3. The average Bonchev–Trinajstić information content (AvgIpc) is 2.69. The second-order valence-corrected chi connectivity index (χ2v) is 8.70. The van der Waals surface area contributed by atoms with E-state index < -0.39 is 5.41 Å². The van der Waals surface area contributed by atoms with Gasteiger partial charge in [-0.15, -0.1) is 0 Å². The Morgan fingerprint density at radius 3 is 2.34 bits per heavy atom. The van der Waals surface area contributed by atoms with Crippen LogP contribution in [0.25, 0.3) is 0 Å². The molecule has 162 valence electrons. The maximum Gasteiger partial charge on any atom is 0.321 e. The third kappa shape index (κ3) is 7.85. The lowest BCUT2D eigenvalue weighted by molar-refractivity contribution is -0.142. The first-order valence-electron chi connectivity index (χ1n) is 11.1. The number of ether oxygens (including phenoxy) is 3. The van der Waals surface area contributed by atoms with Crippen molar-refractivity contribution in [1.29, 1.82) is 0 Å². The van der Waals surface area contributed by atoms with E-state index in [2.05, 4.69) is 0 Å². The summed E-state index contributed by atoms with van der Waals surface area (Å²) in [6.07, 6.45) is 10.3. The van der Waals surface area contributed by atoms with Crippen LogP contribution in [-0.2, 0) is 9.53 Å². The molecule has 1 saturated carbocycles. The number of esters is 1. The summed E-state index contributed by atoms with van der Waals surface area (Å²) < 4.78 is 17.3. The molecule has 4 heteroatoms. The minimum absolute atomic E-state index is 0.241. The second-order valence-electron chi connectivity index (χ2n) is 8.70. The first kappa shape index (κ1) is 23.5. The van der Waals surface area contributed by atoms with Crippen molar-refractivity contribution >= 4 is 5.97 Å². The summed E-state index contributed by atoms with van der Waals surface area (Å²) in [4.78, 5) is 12.6. The Hall–Kier alpha value is -1.81. The van der Waals surface area contributed by atoms with Crippen molar-refractivity contribution in [3.8, 4) is 11.5 Å². The van der Waals surface area contributed by atoms with Gasteiger partial charge in [-0.25, -0.2) is 0 Å². The van der Waals surface area contributed by atoms with Gasteiger partial charge < -0.3 is 14.2 Å². The summed E-state index contributed by atoms with van der Waals surface area (Å²) in [6.45, 7) is 10.5. The van der Waals surface area contributed by atoms with E-state index in [1.165, 1.54) is 32.1 Å². The van der Waals surface area contributed by atoms with Crippen molar-refractivity contribution in [1.82, 2.24) is 0 Å². The monoisotopic (exact) mass is 402 g/mol. The van der Waals surface area contributed by atoms with Gasteiger partial charge in [0.1, 0.15) is 11.5 Å². The van der Waals surface area contributed by atoms with Crippen LogP contribution in [0.4, 0.5) is 0 Å². The van der Waals surface area contributed by atoms with Gasteiger partial charge in [0.15, 0.2) is 6.29 Å². The summed E-state index contributed by atoms with van der Waals surface area (Å²) >= 11 is 0. The fourth-order valence-electron chi connectivity index (χ4n) is 3.85. The Balaban J connectivity index is 1.80. The lowest BCUT2D eigenvalue weighted by atomic mass is 9.86. The lowest BCUT2D eigenvalue weighted by Gasteiger charge is -2.23. The molecule has 0 aliphatic heterocycles. The van der Waals surface area contributed by atoms with E-state index in [1.54, 1.807) is 12.1 Å². The lowest BCUT2D eigenvalue weighted by Crippen LogP contribution is -2.29. The van der Waals surface area contributed by atoms with Crippen LogP contribution in [0.3, 0.4) is 0 Å². The van der Waals surface area contributed by atoms with Gasteiger partial charge in [-0.3, -0.25) is 4.79 Å². The van der Waals surface area contributed by atoms with Gasteiger partial charge in [-0.05, 0) is 70.7 Å². The van der Waals surface area contributed by atoms with Gasteiger partial charge in [0.05, 0.1) is 12.0 Å². The van der Waals surface area contributed by atoms with Gasteiger partial charge in [0.25, 0.3) is 0 Å². The molecular formula is C25H38O4. The van der Waals surface area contributed by atoms with E-state index in [9.17, 15) is 4.79 Å². The van der Waals surface area contributed by atoms with Crippen LogP contribution in [0.2, 0.25) is 0 Å². The Kier molecular flexibility index (Phi) is 9.22. The highest BCUT2D eigenvalue weighted by molar-refractivity contribution is 5.81. The fourth-order valence-corrected chi connectivity index (χ4v) is 3.85. The zero-order valence-corrected chi connectivity index (χ0v) is 18.8. The third-order valence-electron chi connectivity index (χ3n) is 5.75. The molecule has 2 unspecified atom stereocenters. The standard InChI is InChI=1S/C25H38O4/c1-6-25(5,18-19(2)3)24(26)29-23-14-12-22(13-15-23)28-20(4)27-17-16-21-10-8-7-9-11-21/h12-15,18,20-21H,6-11,16-17H2,1-5H3. The Morgan fingerprint density at radius 2 is 1.76 bits per heavy atom. The minimum Gasteiger partial charge on any atom is -0.465 e. The Morgan fingerprint density at radius 1 is 1.14 bits per heavy atom. The zero-order valence-electron chi connectivity index (χ0n) is 18.8. The molecule has 2 atom stereocenters. The van der Waals surface area contributed by atoms with E-state index in [0.29, 0.717) is 17.9 Å². The number of benzene rings is 1. The fraction of sp³-hybridized carbons (Fsp3) is 0.640. The third-order valence-corrected chi connectivity index (χ3v) is 5.75. The van der Waals surface area contributed by atoms with Crippen LogP contribution >= 0.6 is 0 Å². The highest BCUT2D eigenvalue weighted by Crippen LogP contribution is 2.29. The SMILES string of the molecule is CCC(C)(C=C(C)C)C(=O)Oc1ccc(OC(C)OCCC2CCCCC2)cc1. The Labute approximate surface area is 176 Å². The van der Waals surface area contributed by atoms with E-state index in [0.717, 1.165) is 24.5 Å². The molecule has 1 fully saturated rings. The summed E-state index contributed by atoms with van der Waals surface area (Å²) in [6, 6.07) is 7.16. The molecule has 29 heavy (non-hydrogen) atoms. The summed E-state index contributed by atoms with van der Waals surface area (Å²) in [5.41, 5.74) is 0.488. The molecule has 0 bridgehead atoms. The minimum atomic E-state index is -0.616. The summed E-state index contributed by atoms with van der Waals surface area (Å²) in [7, 11) is 0. The molecule has 1 aromatic rings. The maximum atomic E-state index is 12.6. The van der Waals surface area contributed by atoms with E-state index in [1.807, 2.05) is 52.8 Å². The Bertz CT molecular complexity index is 654. The van der Waals surface area contributed by atoms with Crippen LogP contribution < -0.4 is 9.47 Å². The van der Waals surface area contributed by atoms with E-state index in [4.69, 9.17) is 14.2 Å². The first-order chi connectivity index (χ1) is 13.8. The summed E-state index contributed by atoms with van der Waals surface area (Å²) in [5.74, 6) is 1.80. The maximum absolute atomic E-state index is 12.6. The molecule has 0 N–H and O–H groups in total. The second kappa shape index (κ2) is 11.4. The molecule has 2 rings (SSSR count). The molecule has 1 aromatic carbocycles. The van der Waals surface area contributed by atoms with Gasteiger partial charge in [-0.2, -0.15) is 0 Å². The largest absolute Gasteiger partial charge is 0.465 e. The molecule has 0 radical (unpaired) electrons. The van der Waals surface area contributed by atoms with Crippen molar-refractivity contribution in [2.24, 2.45) is 11.3 Å². The van der Waals surface area contributed by atoms with Crippen molar-refractivity contribution < 1.29 is 19.0 Å². The van der Waals surface area contributed by atoms with Crippen LogP contribution in [0.15, 0.2) is 35.9 Å². The summed E-state index contributed by atoms with van der Waals surface area (Å²) in [5, 5.41) is 0. The van der Waals surface area contributed by atoms with Crippen LogP contribution in [-0.4, -0.2) is 18.9 Å². The van der Waals surface area contributed by atoms with Crippen molar-refractivity contribution in [3.05, 3.63) is 35.9 Å². The quantitative estimate of drug-likeness (QED) is 0.189. The number of allylic oxidation sites excluding steroid dienone is 1.